The van der Waals surface area contributed by atoms with E-state index < -0.39 is 6.04 Å². The summed E-state index contributed by atoms with van der Waals surface area (Å²) >= 11 is 5.83. The standard InChI is InChI=1S/C10H14ClN3O2/c1-6(2)7(10(15)16-3)14-9-8(11)12-4-5-13-9/h4-7H,1-3H3,(H,13,14)/t7-/m0/s1. The maximum Gasteiger partial charge on any atom is 0.328 e. The molecule has 0 aromatic carbocycles. The molecule has 0 saturated carbocycles. The van der Waals surface area contributed by atoms with Gasteiger partial charge >= 0.3 is 5.97 Å². The van der Waals surface area contributed by atoms with Crippen LogP contribution in [-0.2, 0) is 9.53 Å². The van der Waals surface area contributed by atoms with Crippen molar-refractivity contribution in [3.8, 4) is 0 Å². The molecule has 0 bridgehead atoms. The Hall–Kier alpha value is -1.36. The molecule has 0 aliphatic carbocycles. The summed E-state index contributed by atoms with van der Waals surface area (Å²) in [7, 11) is 1.34. The molecule has 5 nitrogen and oxygen atoms in total. The van der Waals surface area contributed by atoms with Crippen LogP contribution in [0.4, 0.5) is 5.82 Å². The lowest BCUT2D eigenvalue weighted by molar-refractivity contribution is -0.142. The summed E-state index contributed by atoms with van der Waals surface area (Å²) in [5, 5.41) is 3.15. The third kappa shape index (κ3) is 3.06. The van der Waals surface area contributed by atoms with Gasteiger partial charge in [-0.3, -0.25) is 0 Å². The molecule has 1 aromatic heterocycles. The highest BCUT2D eigenvalue weighted by Crippen LogP contribution is 2.18. The van der Waals surface area contributed by atoms with Gasteiger partial charge in [0, 0.05) is 12.4 Å². The normalized spacial score (nSPS) is 12.3. The van der Waals surface area contributed by atoms with Crippen LogP contribution in [0.5, 0.6) is 0 Å². The van der Waals surface area contributed by atoms with Crippen molar-refractivity contribution in [1.82, 2.24) is 9.97 Å². The van der Waals surface area contributed by atoms with E-state index in [1.54, 1.807) is 0 Å². The molecule has 0 aliphatic rings. The van der Waals surface area contributed by atoms with Gasteiger partial charge in [0.25, 0.3) is 0 Å². The molecule has 16 heavy (non-hydrogen) atoms. The number of methoxy groups -OCH3 is 1. The van der Waals surface area contributed by atoms with E-state index in [1.807, 2.05) is 13.8 Å². The van der Waals surface area contributed by atoms with Crippen molar-refractivity contribution in [3.63, 3.8) is 0 Å². The van der Waals surface area contributed by atoms with E-state index in [0.717, 1.165) is 0 Å². The van der Waals surface area contributed by atoms with Gasteiger partial charge in [-0.15, -0.1) is 0 Å². The van der Waals surface area contributed by atoms with E-state index in [2.05, 4.69) is 15.3 Å². The van der Waals surface area contributed by atoms with E-state index in [9.17, 15) is 4.79 Å². The van der Waals surface area contributed by atoms with Crippen LogP contribution in [0.3, 0.4) is 0 Å². The van der Waals surface area contributed by atoms with E-state index in [4.69, 9.17) is 16.3 Å². The molecule has 0 amide bonds. The number of nitrogens with zero attached hydrogens (tertiary/aromatic N) is 2. The van der Waals surface area contributed by atoms with Gasteiger partial charge in [0.15, 0.2) is 11.0 Å². The van der Waals surface area contributed by atoms with Crippen molar-refractivity contribution in [2.45, 2.75) is 19.9 Å². The summed E-state index contributed by atoms with van der Waals surface area (Å²) in [6, 6.07) is -0.487. The highest BCUT2D eigenvalue weighted by molar-refractivity contribution is 6.31. The lowest BCUT2D eigenvalue weighted by atomic mass is 10.1. The van der Waals surface area contributed by atoms with Gasteiger partial charge in [0.2, 0.25) is 0 Å². The number of anilines is 1. The predicted molar refractivity (Wildman–Crippen MR) is 61.3 cm³/mol. The average Bonchev–Trinajstić information content (AvgIpc) is 2.26. The molecule has 88 valence electrons. The fraction of sp³-hybridized carbons (Fsp3) is 0.500. The second-order valence-electron chi connectivity index (χ2n) is 3.58. The summed E-state index contributed by atoms with van der Waals surface area (Å²) in [5.74, 6) is 0.0931. The van der Waals surface area contributed by atoms with Crippen LogP contribution in [0.25, 0.3) is 0 Å². The molecule has 0 fully saturated rings. The third-order valence-electron chi connectivity index (χ3n) is 2.07. The fourth-order valence-electron chi connectivity index (χ4n) is 1.19. The summed E-state index contributed by atoms with van der Waals surface area (Å²) in [4.78, 5) is 19.4. The number of halogens is 1. The first-order valence-corrected chi connectivity index (χ1v) is 5.25. The van der Waals surface area contributed by atoms with Gasteiger partial charge in [-0.2, -0.15) is 0 Å². The molecule has 1 atom stereocenters. The number of hydrogen-bond acceptors (Lipinski definition) is 5. The number of carbonyl (C=O) groups excluding carboxylic acids is 1. The van der Waals surface area contributed by atoms with E-state index in [1.165, 1.54) is 19.5 Å². The van der Waals surface area contributed by atoms with E-state index in [0.29, 0.717) is 5.82 Å². The minimum Gasteiger partial charge on any atom is -0.467 e. The number of esters is 1. The zero-order chi connectivity index (χ0) is 12.1. The number of ether oxygens (including phenoxy) is 1. The van der Waals surface area contributed by atoms with Gasteiger partial charge in [-0.05, 0) is 5.92 Å². The van der Waals surface area contributed by atoms with Crippen LogP contribution in [0.1, 0.15) is 13.8 Å². The SMILES string of the molecule is COC(=O)[C@@H](Nc1nccnc1Cl)C(C)C. The average molecular weight is 244 g/mol. The molecule has 1 heterocycles. The van der Waals surface area contributed by atoms with Crippen LogP contribution in [0, 0.1) is 5.92 Å². The van der Waals surface area contributed by atoms with Crippen LogP contribution in [-0.4, -0.2) is 29.1 Å². The molecule has 0 unspecified atom stereocenters. The summed E-state index contributed by atoms with van der Waals surface area (Å²) in [5.41, 5.74) is 0. The molecular formula is C10H14ClN3O2. The second kappa shape index (κ2) is 5.65. The molecule has 0 aliphatic heterocycles. The summed E-state index contributed by atoms with van der Waals surface area (Å²) < 4.78 is 4.69. The van der Waals surface area contributed by atoms with Crippen molar-refractivity contribution >= 4 is 23.4 Å². The molecule has 0 spiro atoms. The topological polar surface area (TPSA) is 64.1 Å². The Morgan fingerprint density at radius 3 is 2.56 bits per heavy atom. The van der Waals surface area contributed by atoms with Crippen molar-refractivity contribution in [2.24, 2.45) is 5.92 Å². The van der Waals surface area contributed by atoms with Gasteiger partial charge in [0.05, 0.1) is 7.11 Å². The molecule has 0 radical (unpaired) electrons. The van der Waals surface area contributed by atoms with Crippen LogP contribution >= 0.6 is 11.6 Å². The van der Waals surface area contributed by atoms with Crippen LogP contribution < -0.4 is 5.32 Å². The maximum atomic E-state index is 11.5. The number of aromatic nitrogens is 2. The Bertz CT molecular complexity index is 371. The van der Waals surface area contributed by atoms with Gasteiger partial charge in [-0.1, -0.05) is 25.4 Å². The van der Waals surface area contributed by atoms with Crippen molar-refractivity contribution in [2.75, 3.05) is 12.4 Å². The quantitative estimate of drug-likeness (QED) is 0.816. The molecule has 1 aromatic rings. The van der Waals surface area contributed by atoms with Gasteiger partial charge in [-0.25, -0.2) is 14.8 Å². The molecule has 1 rings (SSSR count). The largest absolute Gasteiger partial charge is 0.467 e. The van der Waals surface area contributed by atoms with E-state index in [-0.39, 0.29) is 17.0 Å². The highest BCUT2D eigenvalue weighted by atomic mass is 35.5. The van der Waals surface area contributed by atoms with Crippen molar-refractivity contribution < 1.29 is 9.53 Å². The zero-order valence-electron chi connectivity index (χ0n) is 9.40. The molecule has 0 saturated heterocycles. The van der Waals surface area contributed by atoms with Gasteiger partial charge < -0.3 is 10.1 Å². The summed E-state index contributed by atoms with van der Waals surface area (Å²) in [6.07, 6.45) is 2.99. The van der Waals surface area contributed by atoms with Crippen molar-refractivity contribution in [3.05, 3.63) is 17.5 Å². The smallest absolute Gasteiger partial charge is 0.328 e. The van der Waals surface area contributed by atoms with Crippen LogP contribution in [0.2, 0.25) is 5.15 Å². The fourth-order valence-corrected chi connectivity index (χ4v) is 1.35. The Morgan fingerprint density at radius 1 is 1.44 bits per heavy atom. The second-order valence-corrected chi connectivity index (χ2v) is 3.94. The molecule has 6 heteroatoms. The number of hydrogen-bond donors (Lipinski definition) is 1. The Labute approximate surface area is 99.2 Å². The lowest BCUT2D eigenvalue weighted by Gasteiger charge is -2.20. The number of rotatable bonds is 4. The van der Waals surface area contributed by atoms with Crippen molar-refractivity contribution in [1.29, 1.82) is 0 Å². The lowest BCUT2D eigenvalue weighted by Crippen LogP contribution is -2.35. The first-order chi connectivity index (χ1) is 7.56. The third-order valence-corrected chi connectivity index (χ3v) is 2.34. The minimum absolute atomic E-state index is 0.0607. The number of nitrogens with one attached hydrogen (secondary N) is 1. The van der Waals surface area contributed by atoms with Gasteiger partial charge in [0.1, 0.15) is 6.04 Å². The highest BCUT2D eigenvalue weighted by Gasteiger charge is 2.24. The first-order valence-electron chi connectivity index (χ1n) is 4.87. The molecule has 1 N–H and O–H groups in total. The predicted octanol–water partition coefficient (Wildman–Crippen LogP) is 1.74. The Kier molecular flexibility index (Phi) is 4.49. The number of carbonyl (C=O) groups is 1. The van der Waals surface area contributed by atoms with E-state index >= 15 is 0 Å². The van der Waals surface area contributed by atoms with Crippen LogP contribution in [0.15, 0.2) is 12.4 Å². The first kappa shape index (κ1) is 12.7. The minimum atomic E-state index is -0.487. The monoisotopic (exact) mass is 243 g/mol. The Morgan fingerprint density at radius 2 is 2.06 bits per heavy atom. The Balaban J connectivity index is 2.84. The zero-order valence-corrected chi connectivity index (χ0v) is 10.2. The summed E-state index contributed by atoms with van der Waals surface area (Å²) in [6.45, 7) is 3.80. The maximum absolute atomic E-state index is 11.5. The molecular weight excluding hydrogens is 230 g/mol.